The minimum absolute atomic E-state index is 0.316. The Labute approximate surface area is 88.9 Å². The van der Waals surface area contributed by atoms with Crippen LogP contribution in [-0.2, 0) is 0 Å². The summed E-state index contributed by atoms with van der Waals surface area (Å²) in [5, 5.41) is 0. The van der Waals surface area contributed by atoms with E-state index in [-0.39, 0.29) is 5.82 Å². The maximum Gasteiger partial charge on any atom is 0.139 e. The third-order valence-corrected chi connectivity index (χ3v) is 2.04. The van der Waals surface area contributed by atoms with E-state index in [1.54, 1.807) is 13.0 Å². The lowest BCUT2D eigenvalue weighted by Crippen LogP contribution is -1.93. The summed E-state index contributed by atoms with van der Waals surface area (Å²) in [5.74, 6) is 5.91. The van der Waals surface area contributed by atoms with Crippen molar-refractivity contribution in [3.63, 3.8) is 0 Å². The second-order valence-corrected chi connectivity index (χ2v) is 3.41. The molecule has 0 aliphatic heterocycles. The van der Waals surface area contributed by atoms with Gasteiger partial charge in [0.25, 0.3) is 0 Å². The third-order valence-electron chi connectivity index (χ3n) is 1.82. The number of benzene rings is 1. The summed E-state index contributed by atoms with van der Waals surface area (Å²) in [4.78, 5) is 0. The summed E-state index contributed by atoms with van der Waals surface area (Å²) in [6.45, 7) is 1.77. The molecule has 0 bridgehead atoms. The number of nitrogen functional groups attached to an aromatic ring is 1. The molecule has 0 aromatic heterocycles. The third kappa shape index (κ3) is 2.68. The van der Waals surface area contributed by atoms with E-state index >= 15 is 0 Å². The van der Waals surface area contributed by atoms with E-state index in [2.05, 4.69) is 24.5 Å². The van der Waals surface area contributed by atoms with Crippen molar-refractivity contribution in [3.05, 3.63) is 29.1 Å². The Bertz CT molecular complexity index is 390. The van der Waals surface area contributed by atoms with Crippen LogP contribution in [0.15, 0.2) is 12.1 Å². The molecule has 1 aromatic rings. The smallest absolute Gasteiger partial charge is 0.139 e. The minimum atomic E-state index is -0.316. The Morgan fingerprint density at radius 3 is 2.86 bits per heavy atom. The highest BCUT2D eigenvalue weighted by Gasteiger charge is 2.02. The molecule has 0 saturated carbocycles. The molecule has 0 fully saturated rings. The maximum absolute atomic E-state index is 13.3. The van der Waals surface area contributed by atoms with E-state index in [9.17, 15) is 4.39 Å². The van der Waals surface area contributed by atoms with Crippen molar-refractivity contribution >= 4 is 18.3 Å². The molecule has 0 spiro atoms. The van der Waals surface area contributed by atoms with Gasteiger partial charge in [0.1, 0.15) is 5.82 Å². The van der Waals surface area contributed by atoms with E-state index in [0.717, 1.165) is 5.56 Å². The van der Waals surface area contributed by atoms with E-state index in [1.165, 1.54) is 6.07 Å². The zero-order valence-electron chi connectivity index (χ0n) is 7.97. The van der Waals surface area contributed by atoms with Crippen LogP contribution in [0.1, 0.15) is 17.5 Å². The van der Waals surface area contributed by atoms with Crippen LogP contribution in [0.2, 0.25) is 0 Å². The first-order chi connectivity index (χ1) is 6.65. The molecule has 1 rings (SSSR count). The van der Waals surface area contributed by atoms with Crippen LogP contribution in [-0.4, -0.2) is 5.75 Å². The molecule has 0 aliphatic rings. The van der Waals surface area contributed by atoms with Crippen molar-refractivity contribution in [1.82, 2.24) is 0 Å². The lowest BCUT2D eigenvalue weighted by molar-refractivity contribution is 0.623. The highest BCUT2D eigenvalue weighted by atomic mass is 32.1. The topological polar surface area (TPSA) is 26.0 Å². The van der Waals surface area contributed by atoms with Gasteiger partial charge in [-0.1, -0.05) is 11.8 Å². The number of anilines is 1. The molecule has 0 amide bonds. The Hall–Kier alpha value is -1.14. The number of halogens is 1. The predicted molar refractivity (Wildman–Crippen MR) is 60.9 cm³/mol. The van der Waals surface area contributed by atoms with Crippen LogP contribution in [0.3, 0.4) is 0 Å². The first-order valence-corrected chi connectivity index (χ1v) is 4.93. The van der Waals surface area contributed by atoms with Gasteiger partial charge in [-0.25, -0.2) is 4.39 Å². The van der Waals surface area contributed by atoms with Gasteiger partial charge in [-0.15, -0.1) is 0 Å². The Kier molecular flexibility index (Phi) is 3.84. The van der Waals surface area contributed by atoms with Crippen LogP contribution < -0.4 is 5.73 Å². The molecule has 14 heavy (non-hydrogen) atoms. The molecule has 1 nitrogen and oxygen atoms in total. The highest BCUT2D eigenvalue weighted by molar-refractivity contribution is 7.80. The second-order valence-electron chi connectivity index (χ2n) is 2.96. The standard InChI is InChI=1S/C11H12FNS/c1-8-6-10(12)9(7-11(8)13)4-2-3-5-14/h6-7,14H,3,5,13H2,1H3. The first-order valence-electron chi connectivity index (χ1n) is 4.30. The highest BCUT2D eigenvalue weighted by Crippen LogP contribution is 2.16. The summed E-state index contributed by atoms with van der Waals surface area (Å²) >= 11 is 4.01. The molecular weight excluding hydrogens is 197 g/mol. The molecule has 0 atom stereocenters. The fourth-order valence-corrected chi connectivity index (χ4v) is 1.11. The summed E-state index contributed by atoms with van der Waals surface area (Å²) < 4.78 is 13.3. The number of nitrogens with two attached hydrogens (primary N) is 1. The van der Waals surface area contributed by atoms with Gasteiger partial charge < -0.3 is 5.73 Å². The molecule has 0 radical (unpaired) electrons. The van der Waals surface area contributed by atoms with E-state index in [0.29, 0.717) is 23.4 Å². The van der Waals surface area contributed by atoms with Crippen molar-refractivity contribution in [2.24, 2.45) is 0 Å². The summed E-state index contributed by atoms with van der Waals surface area (Å²) in [6, 6.07) is 2.97. The van der Waals surface area contributed by atoms with Crippen molar-refractivity contribution < 1.29 is 4.39 Å². The van der Waals surface area contributed by atoms with Crippen LogP contribution >= 0.6 is 12.6 Å². The molecule has 0 unspecified atom stereocenters. The van der Waals surface area contributed by atoms with Crippen molar-refractivity contribution in [2.75, 3.05) is 11.5 Å². The molecule has 0 saturated heterocycles. The normalized spacial score (nSPS) is 9.36. The monoisotopic (exact) mass is 209 g/mol. The summed E-state index contributed by atoms with van der Waals surface area (Å²) in [7, 11) is 0. The van der Waals surface area contributed by atoms with Crippen LogP contribution in [0.25, 0.3) is 0 Å². The second kappa shape index (κ2) is 4.92. The van der Waals surface area contributed by atoms with Gasteiger partial charge in [0.15, 0.2) is 0 Å². The average molecular weight is 209 g/mol. The molecular formula is C11H12FNS. The zero-order chi connectivity index (χ0) is 10.6. The average Bonchev–Trinajstić information content (AvgIpc) is 2.14. The fraction of sp³-hybridized carbons (Fsp3) is 0.273. The van der Waals surface area contributed by atoms with Gasteiger partial charge in [-0.3, -0.25) is 0 Å². The predicted octanol–water partition coefficient (Wildman–Crippen LogP) is 2.39. The van der Waals surface area contributed by atoms with Gasteiger partial charge in [0.05, 0.1) is 5.56 Å². The number of aryl methyl sites for hydroxylation is 1. The Morgan fingerprint density at radius 2 is 2.21 bits per heavy atom. The van der Waals surface area contributed by atoms with Crippen molar-refractivity contribution in [2.45, 2.75) is 13.3 Å². The number of thiol groups is 1. The van der Waals surface area contributed by atoms with Crippen LogP contribution in [0.5, 0.6) is 0 Å². The van der Waals surface area contributed by atoms with Gasteiger partial charge in [-0.05, 0) is 24.6 Å². The molecule has 74 valence electrons. The van der Waals surface area contributed by atoms with E-state index < -0.39 is 0 Å². The lowest BCUT2D eigenvalue weighted by Gasteiger charge is -2.01. The lowest BCUT2D eigenvalue weighted by atomic mass is 10.1. The van der Waals surface area contributed by atoms with Crippen LogP contribution in [0, 0.1) is 24.6 Å². The Balaban J connectivity index is 3.00. The zero-order valence-corrected chi connectivity index (χ0v) is 8.87. The number of hydrogen-bond donors (Lipinski definition) is 2. The van der Waals surface area contributed by atoms with E-state index in [4.69, 9.17) is 5.73 Å². The number of hydrogen-bond acceptors (Lipinski definition) is 2. The molecule has 0 heterocycles. The molecule has 2 N–H and O–H groups in total. The van der Waals surface area contributed by atoms with Gasteiger partial charge in [0, 0.05) is 17.9 Å². The molecule has 1 aromatic carbocycles. The van der Waals surface area contributed by atoms with Crippen LogP contribution in [0.4, 0.5) is 10.1 Å². The maximum atomic E-state index is 13.3. The van der Waals surface area contributed by atoms with Crippen molar-refractivity contribution in [1.29, 1.82) is 0 Å². The Morgan fingerprint density at radius 1 is 1.50 bits per heavy atom. The fourth-order valence-electron chi connectivity index (χ4n) is 0.999. The summed E-state index contributed by atoms with van der Waals surface area (Å²) in [5.41, 5.74) is 7.31. The van der Waals surface area contributed by atoms with Gasteiger partial charge in [0.2, 0.25) is 0 Å². The number of rotatable bonds is 1. The molecule has 3 heteroatoms. The van der Waals surface area contributed by atoms with Crippen molar-refractivity contribution in [3.8, 4) is 11.8 Å². The van der Waals surface area contributed by atoms with E-state index in [1.807, 2.05) is 0 Å². The minimum Gasteiger partial charge on any atom is -0.398 e. The quantitative estimate of drug-likeness (QED) is 0.414. The SMILES string of the molecule is Cc1cc(F)c(C#CCCS)cc1N. The van der Waals surface area contributed by atoms with Gasteiger partial charge in [-0.2, -0.15) is 12.6 Å². The molecule has 0 aliphatic carbocycles. The largest absolute Gasteiger partial charge is 0.398 e. The summed E-state index contributed by atoms with van der Waals surface area (Å²) in [6.07, 6.45) is 0.649. The first kappa shape index (κ1) is 10.9. The van der Waals surface area contributed by atoms with Gasteiger partial charge >= 0.3 is 0 Å².